The molecular weight excluding hydrogens is 214 g/mol. The van der Waals surface area contributed by atoms with Crippen LogP contribution in [-0.4, -0.2) is 15.9 Å². The SMILES string of the molecule is CC[C@@H](NC(=O)C1[C@H]2CCC[C@@H]12)c1ncc[nH]1. The maximum Gasteiger partial charge on any atom is 0.224 e. The van der Waals surface area contributed by atoms with Crippen LogP contribution in [-0.2, 0) is 4.79 Å². The number of carbonyl (C=O) groups is 1. The first-order chi connectivity index (χ1) is 8.31. The molecule has 92 valence electrons. The van der Waals surface area contributed by atoms with E-state index < -0.39 is 0 Å². The summed E-state index contributed by atoms with van der Waals surface area (Å²) in [6.07, 6.45) is 8.22. The van der Waals surface area contributed by atoms with Crippen LogP contribution in [0.25, 0.3) is 0 Å². The Morgan fingerprint density at radius 2 is 2.35 bits per heavy atom. The van der Waals surface area contributed by atoms with Gasteiger partial charge in [0.15, 0.2) is 0 Å². The third-order valence-corrected chi connectivity index (χ3v) is 4.28. The van der Waals surface area contributed by atoms with Crippen LogP contribution in [0.4, 0.5) is 0 Å². The molecular formula is C13H19N3O. The second-order valence-corrected chi connectivity index (χ2v) is 5.23. The van der Waals surface area contributed by atoms with Gasteiger partial charge in [-0.3, -0.25) is 4.79 Å². The topological polar surface area (TPSA) is 57.8 Å². The van der Waals surface area contributed by atoms with Gasteiger partial charge in [-0.15, -0.1) is 0 Å². The molecule has 0 spiro atoms. The molecule has 2 N–H and O–H groups in total. The van der Waals surface area contributed by atoms with Crippen molar-refractivity contribution in [2.45, 2.75) is 38.6 Å². The highest BCUT2D eigenvalue weighted by Gasteiger charge is 2.56. The van der Waals surface area contributed by atoms with Gasteiger partial charge in [0, 0.05) is 18.3 Å². The number of nitrogens with one attached hydrogen (secondary N) is 2. The van der Waals surface area contributed by atoms with Crippen molar-refractivity contribution in [3.05, 3.63) is 18.2 Å². The number of rotatable bonds is 4. The summed E-state index contributed by atoms with van der Waals surface area (Å²) in [4.78, 5) is 19.4. The summed E-state index contributed by atoms with van der Waals surface area (Å²) in [7, 11) is 0. The highest BCUT2D eigenvalue weighted by atomic mass is 16.2. The lowest BCUT2D eigenvalue weighted by atomic mass is 10.1. The Bertz CT molecular complexity index is 391. The fraction of sp³-hybridized carbons (Fsp3) is 0.692. The Labute approximate surface area is 101 Å². The molecule has 4 atom stereocenters. The normalized spacial score (nSPS) is 31.9. The maximum atomic E-state index is 12.1. The first kappa shape index (κ1) is 10.8. The van der Waals surface area contributed by atoms with E-state index in [1.165, 1.54) is 19.3 Å². The van der Waals surface area contributed by atoms with E-state index in [2.05, 4.69) is 22.2 Å². The summed E-state index contributed by atoms with van der Waals surface area (Å²) < 4.78 is 0. The molecule has 4 heteroatoms. The molecule has 1 amide bonds. The Morgan fingerprint density at radius 3 is 2.94 bits per heavy atom. The zero-order valence-corrected chi connectivity index (χ0v) is 10.1. The van der Waals surface area contributed by atoms with Crippen LogP contribution in [0.15, 0.2) is 12.4 Å². The van der Waals surface area contributed by atoms with Crippen molar-refractivity contribution in [3.63, 3.8) is 0 Å². The number of fused-ring (bicyclic) bond motifs is 1. The van der Waals surface area contributed by atoms with Crippen molar-refractivity contribution in [1.82, 2.24) is 15.3 Å². The number of hydrogen-bond donors (Lipinski definition) is 2. The average molecular weight is 233 g/mol. The number of imidazole rings is 1. The summed E-state index contributed by atoms with van der Waals surface area (Å²) in [5, 5.41) is 3.13. The van der Waals surface area contributed by atoms with Crippen LogP contribution in [0.3, 0.4) is 0 Å². The third-order valence-electron chi connectivity index (χ3n) is 4.28. The summed E-state index contributed by atoms with van der Waals surface area (Å²) in [5.74, 6) is 2.77. The van der Waals surface area contributed by atoms with Crippen molar-refractivity contribution >= 4 is 5.91 Å². The number of H-pyrrole nitrogens is 1. The summed E-state index contributed by atoms with van der Waals surface area (Å²) in [6, 6.07) is 0.0406. The quantitative estimate of drug-likeness (QED) is 0.836. The molecule has 4 nitrogen and oxygen atoms in total. The molecule has 1 unspecified atom stereocenters. The van der Waals surface area contributed by atoms with Crippen molar-refractivity contribution in [2.75, 3.05) is 0 Å². The summed E-state index contributed by atoms with van der Waals surface area (Å²) in [5.41, 5.74) is 0. The van der Waals surface area contributed by atoms with Gasteiger partial charge < -0.3 is 10.3 Å². The standard InChI is InChI=1S/C13H19N3O/c1-2-10(12-14-6-7-15-12)16-13(17)11-8-4-3-5-9(8)11/h6-11H,2-5H2,1H3,(H,14,15)(H,16,17)/t8-,9+,10-,11?/m1/s1. The number of hydrogen-bond acceptors (Lipinski definition) is 2. The third kappa shape index (κ3) is 1.85. The van der Waals surface area contributed by atoms with E-state index in [0.717, 1.165) is 12.2 Å². The largest absolute Gasteiger partial charge is 0.347 e. The van der Waals surface area contributed by atoms with Crippen LogP contribution in [0.2, 0.25) is 0 Å². The van der Waals surface area contributed by atoms with Crippen LogP contribution in [0.5, 0.6) is 0 Å². The lowest BCUT2D eigenvalue weighted by molar-refractivity contribution is -0.123. The highest BCUT2D eigenvalue weighted by molar-refractivity contribution is 5.82. The molecule has 0 aliphatic heterocycles. The lowest BCUT2D eigenvalue weighted by Crippen LogP contribution is -2.31. The Hall–Kier alpha value is -1.32. The molecule has 2 aliphatic carbocycles. The average Bonchev–Trinajstić information content (AvgIpc) is 2.82. The lowest BCUT2D eigenvalue weighted by Gasteiger charge is -2.15. The zero-order chi connectivity index (χ0) is 11.8. The fourth-order valence-corrected chi connectivity index (χ4v) is 3.31. The molecule has 2 saturated carbocycles. The van der Waals surface area contributed by atoms with E-state index in [0.29, 0.717) is 17.8 Å². The van der Waals surface area contributed by atoms with Gasteiger partial charge in [0.25, 0.3) is 0 Å². The molecule has 0 aromatic carbocycles. The Balaban J connectivity index is 1.60. The predicted molar refractivity (Wildman–Crippen MR) is 64.1 cm³/mol. The first-order valence-electron chi connectivity index (χ1n) is 6.61. The first-order valence-corrected chi connectivity index (χ1v) is 6.61. The zero-order valence-electron chi connectivity index (χ0n) is 10.1. The van der Waals surface area contributed by atoms with Crippen LogP contribution in [0, 0.1) is 17.8 Å². The minimum Gasteiger partial charge on any atom is -0.347 e. The van der Waals surface area contributed by atoms with Gasteiger partial charge in [-0.25, -0.2) is 4.98 Å². The summed E-state index contributed by atoms with van der Waals surface area (Å²) >= 11 is 0. The van der Waals surface area contributed by atoms with Crippen LogP contribution >= 0.6 is 0 Å². The number of aromatic nitrogens is 2. The maximum absolute atomic E-state index is 12.1. The van der Waals surface area contributed by atoms with Crippen molar-refractivity contribution < 1.29 is 4.79 Å². The van der Waals surface area contributed by atoms with Crippen LogP contribution in [0.1, 0.15) is 44.5 Å². The molecule has 0 bridgehead atoms. The minimum absolute atomic E-state index is 0.0406. The molecule has 17 heavy (non-hydrogen) atoms. The smallest absolute Gasteiger partial charge is 0.224 e. The van der Waals surface area contributed by atoms with Gasteiger partial charge in [-0.05, 0) is 31.1 Å². The van der Waals surface area contributed by atoms with E-state index >= 15 is 0 Å². The van der Waals surface area contributed by atoms with E-state index in [4.69, 9.17) is 0 Å². The minimum atomic E-state index is 0.0406. The monoisotopic (exact) mass is 233 g/mol. The van der Waals surface area contributed by atoms with Gasteiger partial charge in [-0.2, -0.15) is 0 Å². The molecule has 1 heterocycles. The Morgan fingerprint density at radius 1 is 1.59 bits per heavy atom. The Kier molecular flexibility index (Phi) is 2.65. The molecule has 1 aromatic rings. The second-order valence-electron chi connectivity index (χ2n) is 5.23. The molecule has 2 aliphatic rings. The van der Waals surface area contributed by atoms with Crippen molar-refractivity contribution in [1.29, 1.82) is 0 Å². The fourth-order valence-electron chi connectivity index (χ4n) is 3.31. The predicted octanol–water partition coefficient (Wildman–Crippen LogP) is 2.02. The summed E-state index contributed by atoms with van der Waals surface area (Å²) in [6.45, 7) is 2.07. The molecule has 2 fully saturated rings. The number of amides is 1. The van der Waals surface area contributed by atoms with Gasteiger partial charge in [-0.1, -0.05) is 13.3 Å². The van der Waals surface area contributed by atoms with Gasteiger partial charge in [0.1, 0.15) is 5.82 Å². The number of aromatic amines is 1. The van der Waals surface area contributed by atoms with Gasteiger partial charge in [0.2, 0.25) is 5.91 Å². The van der Waals surface area contributed by atoms with E-state index in [9.17, 15) is 4.79 Å². The van der Waals surface area contributed by atoms with E-state index in [-0.39, 0.29) is 11.9 Å². The number of carbonyl (C=O) groups excluding carboxylic acids is 1. The molecule has 3 rings (SSSR count). The van der Waals surface area contributed by atoms with Gasteiger partial charge in [0.05, 0.1) is 6.04 Å². The highest BCUT2D eigenvalue weighted by Crippen LogP contribution is 2.57. The molecule has 1 aromatic heterocycles. The van der Waals surface area contributed by atoms with Gasteiger partial charge >= 0.3 is 0 Å². The number of nitrogens with zero attached hydrogens (tertiary/aromatic N) is 1. The van der Waals surface area contributed by atoms with E-state index in [1.54, 1.807) is 12.4 Å². The molecule has 0 saturated heterocycles. The van der Waals surface area contributed by atoms with Crippen LogP contribution < -0.4 is 5.32 Å². The van der Waals surface area contributed by atoms with E-state index in [1.807, 2.05) is 0 Å². The van der Waals surface area contributed by atoms with Crippen molar-refractivity contribution in [2.24, 2.45) is 17.8 Å². The second kappa shape index (κ2) is 4.17. The van der Waals surface area contributed by atoms with Crippen molar-refractivity contribution in [3.8, 4) is 0 Å². The molecule has 0 radical (unpaired) electrons.